The molecule has 0 aliphatic heterocycles. The molecule has 0 bridgehead atoms. The lowest BCUT2D eigenvalue weighted by Gasteiger charge is -2.08. The molecular weight excluding hydrogens is 135 g/mol. The van der Waals surface area contributed by atoms with Crippen molar-refractivity contribution in [2.75, 3.05) is 0 Å². The first-order valence-corrected chi connectivity index (χ1v) is 2.11. The van der Waals surface area contributed by atoms with E-state index in [1.807, 2.05) is 0 Å². The number of hydrogen-bond donors (Lipinski definition) is 2. The Labute approximate surface area is 49.8 Å². The summed E-state index contributed by atoms with van der Waals surface area (Å²) in [7, 11) is 0. The molecule has 9 heavy (non-hydrogen) atoms. The maximum Gasteiger partial charge on any atom is 0.418 e. The zero-order valence-electron chi connectivity index (χ0n) is 4.39. The van der Waals surface area contributed by atoms with Crippen LogP contribution in [0.4, 0.5) is 13.2 Å². The zero-order chi connectivity index (χ0) is 7.49. The van der Waals surface area contributed by atoms with Gasteiger partial charge in [-0.15, -0.1) is 0 Å². The molecule has 0 heterocycles. The Morgan fingerprint density at radius 1 is 1.44 bits per heavy atom. The minimum atomic E-state index is -4.60. The smallest absolute Gasteiger partial charge is 0.405 e. The summed E-state index contributed by atoms with van der Waals surface area (Å²) in [5.41, 5.74) is 4.59. The standard InChI is InChI=1S/C4H6F3NO/c5-4(6,7)3(9)1-2-8/h1-3,9H,8H2/b2-1+. The van der Waals surface area contributed by atoms with Gasteiger partial charge in [0.25, 0.3) is 0 Å². The molecule has 0 fully saturated rings. The Morgan fingerprint density at radius 2 is 1.89 bits per heavy atom. The average molecular weight is 141 g/mol. The minimum absolute atomic E-state index is 0.458. The molecule has 0 aliphatic carbocycles. The number of aliphatic hydroxyl groups is 1. The van der Waals surface area contributed by atoms with Crippen molar-refractivity contribution in [3.63, 3.8) is 0 Å². The molecular formula is C4H6F3NO. The van der Waals surface area contributed by atoms with Crippen LogP contribution in [0.2, 0.25) is 0 Å². The van der Waals surface area contributed by atoms with Crippen molar-refractivity contribution < 1.29 is 18.3 Å². The van der Waals surface area contributed by atoms with Crippen LogP contribution in [0.1, 0.15) is 0 Å². The molecule has 0 aliphatic rings. The van der Waals surface area contributed by atoms with Crippen LogP contribution in [-0.4, -0.2) is 17.4 Å². The highest BCUT2D eigenvalue weighted by atomic mass is 19.4. The second kappa shape index (κ2) is 2.72. The molecule has 0 aromatic heterocycles. The summed E-state index contributed by atoms with van der Waals surface area (Å²) in [6, 6.07) is 0. The van der Waals surface area contributed by atoms with E-state index in [-0.39, 0.29) is 0 Å². The molecule has 0 rings (SSSR count). The lowest BCUT2D eigenvalue weighted by atomic mass is 10.3. The van der Waals surface area contributed by atoms with Crippen molar-refractivity contribution in [3.05, 3.63) is 12.3 Å². The van der Waals surface area contributed by atoms with Gasteiger partial charge in [0, 0.05) is 0 Å². The lowest BCUT2D eigenvalue weighted by Crippen LogP contribution is -2.26. The highest BCUT2D eigenvalue weighted by molar-refractivity contribution is 4.88. The highest BCUT2D eigenvalue weighted by Gasteiger charge is 2.35. The predicted octanol–water partition coefficient (Wildman–Crippen LogP) is 0.382. The van der Waals surface area contributed by atoms with Crippen LogP contribution in [-0.2, 0) is 0 Å². The first-order chi connectivity index (χ1) is 3.98. The van der Waals surface area contributed by atoms with Gasteiger partial charge in [-0.25, -0.2) is 0 Å². The fourth-order valence-corrected chi connectivity index (χ4v) is 0.214. The van der Waals surface area contributed by atoms with Gasteiger partial charge in [-0.2, -0.15) is 13.2 Å². The van der Waals surface area contributed by atoms with Gasteiger partial charge in [0.15, 0.2) is 6.10 Å². The molecule has 3 N–H and O–H groups in total. The van der Waals surface area contributed by atoms with Gasteiger partial charge in [0.1, 0.15) is 0 Å². The van der Waals surface area contributed by atoms with Crippen LogP contribution in [0, 0.1) is 0 Å². The van der Waals surface area contributed by atoms with Crippen molar-refractivity contribution in [1.29, 1.82) is 0 Å². The molecule has 2 nitrogen and oxygen atoms in total. The van der Waals surface area contributed by atoms with Crippen LogP contribution in [0.5, 0.6) is 0 Å². The third-order valence-corrected chi connectivity index (χ3v) is 0.629. The lowest BCUT2D eigenvalue weighted by molar-refractivity contribution is -0.187. The monoisotopic (exact) mass is 141 g/mol. The maximum absolute atomic E-state index is 11.3. The molecule has 0 aromatic carbocycles. The van der Waals surface area contributed by atoms with E-state index in [1.54, 1.807) is 0 Å². The van der Waals surface area contributed by atoms with E-state index in [2.05, 4.69) is 5.73 Å². The second-order valence-electron chi connectivity index (χ2n) is 1.37. The minimum Gasteiger partial charge on any atom is -0.405 e. The molecule has 0 aromatic rings. The molecule has 1 atom stereocenters. The number of halogens is 3. The van der Waals surface area contributed by atoms with Crippen molar-refractivity contribution in [3.8, 4) is 0 Å². The van der Waals surface area contributed by atoms with Gasteiger partial charge in [-0.1, -0.05) is 0 Å². The summed E-state index contributed by atoms with van der Waals surface area (Å²) >= 11 is 0. The van der Waals surface area contributed by atoms with Crippen LogP contribution < -0.4 is 5.73 Å². The number of nitrogens with two attached hydrogens (primary N) is 1. The van der Waals surface area contributed by atoms with Gasteiger partial charge in [-0.3, -0.25) is 0 Å². The van der Waals surface area contributed by atoms with Crippen molar-refractivity contribution in [2.45, 2.75) is 12.3 Å². The summed E-state index contributed by atoms with van der Waals surface area (Å²) < 4.78 is 33.8. The molecule has 0 saturated carbocycles. The first kappa shape index (κ1) is 8.29. The molecule has 0 radical (unpaired) electrons. The maximum atomic E-state index is 11.3. The van der Waals surface area contributed by atoms with E-state index in [0.717, 1.165) is 0 Å². The Bertz CT molecular complexity index is 109. The topological polar surface area (TPSA) is 46.2 Å². The first-order valence-electron chi connectivity index (χ1n) is 2.11. The van der Waals surface area contributed by atoms with Gasteiger partial charge >= 0.3 is 6.18 Å². The fourth-order valence-electron chi connectivity index (χ4n) is 0.214. The fraction of sp³-hybridized carbons (Fsp3) is 0.500. The Kier molecular flexibility index (Phi) is 2.51. The molecule has 5 heteroatoms. The third kappa shape index (κ3) is 2.97. The van der Waals surface area contributed by atoms with Gasteiger partial charge in [-0.05, 0) is 12.3 Å². The van der Waals surface area contributed by atoms with Crippen molar-refractivity contribution in [2.24, 2.45) is 5.73 Å². The quantitative estimate of drug-likeness (QED) is 0.554. The number of alkyl halides is 3. The Balaban J connectivity index is 3.88. The Morgan fingerprint density at radius 3 is 2.00 bits per heavy atom. The van der Waals surface area contributed by atoms with Crippen LogP contribution in [0.3, 0.4) is 0 Å². The number of rotatable bonds is 1. The SMILES string of the molecule is N/C=C/C(O)C(F)(F)F. The summed E-state index contributed by atoms with van der Waals surface area (Å²) in [5, 5.41) is 8.09. The van der Waals surface area contributed by atoms with Gasteiger partial charge < -0.3 is 10.8 Å². The van der Waals surface area contributed by atoms with Crippen molar-refractivity contribution in [1.82, 2.24) is 0 Å². The highest BCUT2D eigenvalue weighted by Crippen LogP contribution is 2.20. The molecule has 0 saturated heterocycles. The average Bonchev–Trinajstić information content (AvgIpc) is 1.64. The van der Waals surface area contributed by atoms with Crippen molar-refractivity contribution >= 4 is 0 Å². The third-order valence-electron chi connectivity index (χ3n) is 0.629. The van der Waals surface area contributed by atoms with E-state index in [9.17, 15) is 13.2 Å². The predicted molar refractivity (Wildman–Crippen MR) is 25.4 cm³/mol. The summed E-state index contributed by atoms with van der Waals surface area (Å²) in [5.74, 6) is 0. The molecule has 0 amide bonds. The van der Waals surface area contributed by atoms with Crippen LogP contribution in [0.25, 0.3) is 0 Å². The van der Waals surface area contributed by atoms with E-state index >= 15 is 0 Å². The van der Waals surface area contributed by atoms with E-state index in [0.29, 0.717) is 12.3 Å². The van der Waals surface area contributed by atoms with Crippen LogP contribution >= 0.6 is 0 Å². The van der Waals surface area contributed by atoms with Gasteiger partial charge in [0.05, 0.1) is 0 Å². The van der Waals surface area contributed by atoms with Crippen LogP contribution in [0.15, 0.2) is 12.3 Å². The second-order valence-corrected chi connectivity index (χ2v) is 1.37. The molecule has 54 valence electrons. The molecule has 1 unspecified atom stereocenters. The number of hydrogen-bond acceptors (Lipinski definition) is 2. The summed E-state index contributed by atoms with van der Waals surface area (Å²) in [6.45, 7) is 0. The van der Waals surface area contributed by atoms with E-state index < -0.39 is 12.3 Å². The normalized spacial score (nSPS) is 16.4. The number of aliphatic hydroxyl groups excluding tert-OH is 1. The largest absolute Gasteiger partial charge is 0.418 e. The summed E-state index contributed by atoms with van der Waals surface area (Å²) in [4.78, 5) is 0. The van der Waals surface area contributed by atoms with E-state index in [4.69, 9.17) is 5.11 Å². The summed E-state index contributed by atoms with van der Waals surface area (Å²) in [6.07, 6.45) is -5.93. The van der Waals surface area contributed by atoms with Gasteiger partial charge in [0.2, 0.25) is 0 Å². The van der Waals surface area contributed by atoms with E-state index in [1.165, 1.54) is 0 Å². The Hall–Kier alpha value is -0.710. The molecule has 0 spiro atoms. The zero-order valence-corrected chi connectivity index (χ0v) is 4.39.